The van der Waals surface area contributed by atoms with Gasteiger partial charge >= 0.3 is 0 Å². The van der Waals surface area contributed by atoms with Gasteiger partial charge in [-0.05, 0) is 43.2 Å². The molecule has 1 unspecified atom stereocenters. The van der Waals surface area contributed by atoms with Crippen molar-refractivity contribution < 1.29 is 9.59 Å². The lowest BCUT2D eigenvalue weighted by molar-refractivity contribution is -0.136. The molecule has 2 aromatic heterocycles. The zero-order valence-electron chi connectivity index (χ0n) is 17.7. The van der Waals surface area contributed by atoms with Crippen LogP contribution in [0.25, 0.3) is 10.3 Å². The molecule has 8 heteroatoms. The molecule has 2 aliphatic heterocycles. The van der Waals surface area contributed by atoms with Crippen molar-refractivity contribution in [2.45, 2.75) is 20.3 Å². The lowest BCUT2D eigenvalue weighted by Gasteiger charge is -2.35. The number of hydrogen-bond donors (Lipinski definition) is 0. The quantitative estimate of drug-likeness (QED) is 0.633. The Balaban J connectivity index is 1.23. The van der Waals surface area contributed by atoms with Crippen LogP contribution in [0.2, 0.25) is 0 Å². The monoisotopic (exact) mass is 435 g/mol. The van der Waals surface area contributed by atoms with E-state index in [0.717, 1.165) is 45.4 Å². The van der Waals surface area contributed by atoms with E-state index >= 15 is 0 Å². The summed E-state index contributed by atoms with van der Waals surface area (Å²) in [5.74, 6) is -0.148. The first kappa shape index (κ1) is 19.9. The van der Waals surface area contributed by atoms with Crippen LogP contribution >= 0.6 is 11.3 Å². The molecule has 0 spiro atoms. The number of benzene rings is 1. The molecule has 4 heterocycles. The molecule has 3 aromatic rings. The van der Waals surface area contributed by atoms with Crippen molar-refractivity contribution in [2.75, 3.05) is 42.5 Å². The molecule has 2 amide bonds. The van der Waals surface area contributed by atoms with Gasteiger partial charge in [0.05, 0.1) is 5.92 Å². The van der Waals surface area contributed by atoms with Crippen LogP contribution in [0.5, 0.6) is 0 Å². The minimum atomic E-state index is -0.273. The highest BCUT2D eigenvalue weighted by molar-refractivity contribution is 7.21. The van der Waals surface area contributed by atoms with Crippen LogP contribution in [0.3, 0.4) is 0 Å². The first-order valence-corrected chi connectivity index (χ1v) is 11.4. The number of carbonyl (C=O) groups is 2. The number of anilines is 2. The van der Waals surface area contributed by atoms with E-state index in [0.29, 0.717) is 19.6 Å². The van der Waals surface area contributed by atoms with Crippen LogP contribution in [-0.4, -0.2) is 59.4 Å². The Bertz CT molecular complexity index is 1120. The number of carbonyl (C=O) groups excluding carboxylic acids is 2. The average molecular weight is 436 g/mol. The third-order valence-corrected chi connectivity index (χ3v) is 7.40. The Labute approximate surface area is 185 Å². The molecule has 0 saturated carbocycles. The number of fused-ring (bicyclic) bond motifs is 1. The highest BCUT2D eigenvalue weighted by Crippen LogP contribution is 2.31. The summed E-state index contributed by atoms with van der Waals surface area (Å²) >= 11 is 1.59. The third-order valence-electron chi connectivity index (χ3n) is 6.36. The highest BCUT2D eigenvalue weighted by Gasteiger charge is 2.38. The lowest BCUT2D eigenvalue weighted by atomic mass is 10.1. The Hall–Kier alpha value is -3.00. The van der Waals surface area contributed by atoms with Gasteiger partial charge in [0.25, 0.3) is 0 Å². The van der Waals surface area contributed by atoms with E-state index in [1.165, 1.54) is 0 Å². The molecule has 160 valence electrons. The predicted octanol–water partition coefficient (Wildman–Crippen LogP) is 3.01. The standard InChI is InChI=1S/C23H25N5O2S/c1-15-5-3-7-19(16(15)2)28-14-17(13-20(28)29)22(30)26-9-11-27(12-10-26)23-25-18-6-4-8-24-21(18)31-23/h3-8,17H,9-14H2,1-2H3. The van der Waals surface area contributed by atoms with E-state index in [4.69, 9.17) is 0 Å². The van der Waals surface area contributed by atoms with Gasteiger partial charge in [-0.3, -0.25) is 9.59 Å². The van der Waals surface area contributed by atoms with Gasteiger partial charge in [-0.1, -0.05) is 23.5 Å². The topological polar surface area (TPSA) is 69.6 Å². The molecule has 2 aliphatic rings. The van der Waals surface area contributed by atoms with Gasteiger partial charge in [-0.25, -0.2) is 9.97 Å². The second-order valence-corrected chi connectivity index (χ2v) is 9.22. The molecule has 31 heavy (non-hydrogen) atoms. The van der Waals surface area contributed by atoms with E-state index in [1.807, 2.05) is 49.1 Å². The molecule has 2 fully saturated rings. The number of amides is 2. The van der Waals surface area contributed by atoms with Gasteiger partial charge < -0.3 is 14.7 Å². The van der Waals surface area contributed by atoms with Crippen molar-refractivity contribution in [2.24, 2.45) is 5.92 Å². The minimum absolute atomic E-state index is 0.0349. The second-order valence-electron chi connectivity index (χ2n) is 8.26. The fraction of sp³-hybridized carbons (Fsp3) is 0.391. The summed E-state index contributed by atoms with van der Waals surface area (Å²) in [6, 6.07) is 9.85. The summed E-state index contributed by atoms with van der Waals surface area (Å²) < 4.78 is 0. The summed E-state index contributed by atoms with van der Waals surface area (Å²) in [7, 11) is 0. The van der Waals surface area contributed by atoms with Crippen LogP contribution < -0.4 is 9.80 Å². The van der Waals surface area contributed by atoms with Crippen LogP contribution in [0.15, 0.2) is 36.5 Å². The molecule has 7 nitrogen and oxygen atoms in total. The zero-order chi connectivity index (χ0) is 21.5. The Kier molecular flexibility index (Phi) is 5.09. The molecule has 0 radical (unpaired) electrons. The first-order chi connectivity index (χ1) is 15.0. The summed E-state index contributed by atoms with van der Waals surface area (Å²) in [5.41, 5.74) is 4.09. The summed E-state index contributed by atoms with van der Waals surface area (Å²) in [6.07, 6.45) is 2.07. The van der Waals surface area contributed by atoms with Crippen molar-refractivity contribution in [3.63, 3.8) is 0 Å². The van der Waals surface area contributed by atoms with Gasteiger partial charge in [0.1, 0.15) is 10.3 Å². The minimum Gasteiger partial charge on any atom is -0.344 e. The van der Waals surface area contributed by atoms with E-state index in [1.54, 1.807) is 22.4 Å². The lowest BCUT2D eigenvalue weighted by Crippen LogP contribution is -2.50. The maximum Gasteiger partial charge on any atom is 0.228 e. The smallest absolute Gasteiger partial charge is 0.228 e. The third kappa shape index (κ3) is 3.65. The van der Waals surface area contributed by atoms with Crippen molar-refractivity contribution >= 4 is 44.3 Å². The fourth-order valence-electron chi connectivity index (χ4n) is 4.40. The largest absolute Gasteiger partial charge is 0.344 e. The number of pyridine rings is 1. The molecular weight excluding hydrogens is 410 g/mol. The van der Waals surface area contributed by atoms with Gasteiger partial charge in [0.15, 0.2) is 5.13 Å². The number of rotatable bonds is 3. The normalized spacial score (nSPS) is 19.5. The average Bonchev–Trinajstić information content (AvgIpc) is 3.39. The summed E-state index contributed by atoms with van der Waals surface area (Å²) in [4.78, 5) is 41.8. The van der Waals surface area contributed by atoms with Crippen LogP contribution in [0, 0.1) is 19.8 Å². The molecule has 1 atom stereocenters. The highest BCUT2D eigenvalue weighted by atomic mass is 32.1. The number of nitrogens with zero attached hydrogens (tertiary/aromatic N) is 5. The maximum absolute atomic E-state index is 13.2. The van der Waals surface area contributed by atoms with Crippen LogP contribution in [0.1, 0.15) is 17.5 Å². The van der Waals surface area contributed by atoms with Crippen molar-refractivity contribution in [1.29, 1.82) is 0 Å². The Morgan fingerprint density at radius 1 is 1.10 bits per heavy atom. The maximum atomic E-state index is 13.2. The number of piperazine rings is 1. The van der Waals surface area contributed by atoms with E-state index in [-0.39, 0.29) is 24.2 Å². The fourth-order valence-corrected chi connectivity index (χ4v) is 5.36. The van der Waals surface area contributed by atoms with Crippen molar-refractivity contribution in [3.8, 4) is 0 Å². The SMILES string of the molecule is Cc1cccc(N2CC(C(=O)N3CCN(c4nc5cccnc5s4)CC3)CC2=O)c1C. The van der Waals surface area contributed by atoms with E-state index in [9.17, 15) is 9.59 Å². The van der Waals surface area contributed by atoms with Gasteiger partial charge in [-0.2, -0.15) is 0 Å². The molecule has 2 saturated heterocycles. The molecule has 5 rings (SSSR count). The molecule has 0 bridgehead atoms. The molecule has 0 aliphatic carbocycles. The van der Waals surface area contributed by atoms with Crippen molar-refractivity contribution in [1.82, 2.24) is 14.9 Å². The first-order valence-electron chi connectivity index (χ1n) is 10.6. The number of aryl methyl sites for hydroxylation is 1. The molecule has 0 N–H and O–H groups in total. The summed E-state index contributed by atoms with van der Waals surface area (Å²) in [6.45, 7) is 7.32. The summed E-state index contributed by atoms with van der Waals surface area (Å²) in [5, 5.41) is 0.956. The Morgan fingerprint density at radius 2 is 1.90 bits per heavy atom. The number of hydrogen-bond acceptors (Lipinski definition) is 6. The number of aromatic nitrogens is 2. The number of thiazole rings is 1. The zero-order valence-corrected chi connectivity index (χ0v) is 18.6. The Morgan fingerprint density at radius 3 is 2.68 bits per heavy atom. The second kappa shape index (κ2) is 7.92. The molecule has 1 aromatic carbocycles. The van der Waals surface area contributed by atoms with Gasteiger partial charge in [-0.15, -0.1) is 0 Å². The van der Waals surface area contributed by atoms with E-state index in [2.05, 4.69) is 14.9 Å². The van der Waals surface area contributed by atoms with Crippen molar-refractivity contribution in [3.05, 3.63) is 47.7 Å². The van der Waals surface area contributed by atoms with E-state index < -0.39 is 0 Å². The molecular formula is C23H25N5O2S. The van der Waals surface area contributed by atoms with Crippen LogP contribution in [-0.2, 0) is 9.59 Å². The van der Waals surface area contributed by atoms with Gasteiger partial charge in [0, 0.05) is 51.0 Å². The predicted molar refractivity (Wildman–Crippen MR) is 123 cm³/mol. The van der Waals surface area contributed by atoms with Gasteiger partial charge in [0.2, 0.25) is 11.8 Å². The van der Waals surface area contributed by atoms with Crippen LogP contribution in [0.4, 0.5) is 10.8 Å².